The Morgan fingerprint density at radius 2 is 2.25 bits per heavy atom. The summed E-state index contributed by atoms with van der Waals surface area (Å²) in [6, 6.07) is -0.412. The minimum atomic E-state index is -0.516. The fraction of sp³-hybridized carbons (Fsp3) is 0.800. The Labute approximate surface area is 94.8 Å². The Kier molecular flexibility index (Phi) is 4.39. The lowest BCUT2D eigenvalue weighted by Gasteiger charge is -2.16. The van der Waals surface area contributed by atoms with E-state index in [-0.39, 0.29) is 17.7 Å². The lowest BCUT2D eigenvalue weighted by atomic mass is 10.2. The normalized spacial score (nSPS) is 18.3. The molecule has 1 fully saturated rings. The maximum absolute atomic E-state index is 11.4. The van der Waals surface area contributed by atoms with Crippen molar-refractivity contribution in [3.63, 3.8) is 0 Å². The summed E-state index contributed by atoms with van der Waals surface area (Å²) >= 11 is 0. The summed E-state index contributed by atoms with van der Waals surface area (Å²) in [5.41, 5.74) is 5.49. The minimum Gasteiger partial charge on any atom is -0.449 e. The number of nitrogens with two attached hydrogens (primary N) is 1. The minimum absolute atomic E-state index is 0.0315. The van der Waals surface area contributed by atoms with Gasteiger partial charge in [-0.3, -0.25) is 0 Å². The number of hydrogen-bond acceptors (Lipinski definition) is 4. The van der Waals surface area contributed by atoms with Crippen LogP contribution in [0.4, 0.5) is 4.79 Å². The summed E-state index contributed by atoms with van der Waals surface area (Å²) in [4.78, 5) is 11.4. The highest BCUT2D eigenvalue weighted by molar-refractivity contribution is 5.89. The molecule has 6 nitrogen and oxygen atoms in total. The van der Waals surface area contributed by atoms with Gasteiger partial charge in [0.15, 0.2) is 5.84 Å². The Hall–Kier alpha value is -1.46. The van der Waals surface area contributed by atoms with E-state index in [2.05, 4.69) is 10.5 Å². The van der Waals surface area contributed by atoms with Crippen molar-refractivity contribution in [1.82, 2.24) is 5.32 Å². The molecule has 0 aromatic rings. The molecule has 1 aliphatic carbocycles. The van der Waals surface area contributed by atoms with Crippen molar-refractivity contribution in [3.05, 3.63) is 0 Å². The first kappa shape index (κ1) is 12.6. The Morgan fingerprint density at radius 1 is 1.62 bits per heavy atom. The Balaban J connectivity index is 2.39. The highest BCUT2D eigenvalue weighted by atomic mass is 16.5. The number of amides is 1. The molecule has 4 N–H and O–H groups in total. The zero-order valence-electron chi connectivity index (χ0n) is 9.64. The first-order chi connectivity index (χ1) is 7.54. The maximum Gasteiger partial charge on any atom is 0.407 e. The van der Waals surface area contributed by atoms with Crippen molar-refractivity contribution in [2.75, 3.05) is 6.61 Å². The van der Waals surface area contributed by atoms with E-state index in [1.54, 1.807) is 0 Å². The van der Waals surface area contributed by atoms with Crippen LogP contribution in [0.25, 0.3) is 0 Å². The van der Waals surface area contributed by atoms with Crippen LogP contribution in [0, 0.1) is 11.8 Å². The van der Waals surface area contributed by atoms with Crippen molar-refractivity contribution in [3.8, 4) is 0 Å². The van der Waals surface area contributed by atoms with Gasteiger partial charge in [-0.1, -0.05) is 19.0 Å². The Bertz CT molecular complexity index is 274. The van der Waals surface area contributed by atoms with E-state index in [1.807, 2.05) is 13.8 Å². The molecule has 1 saturated carbocycles. The van der Waals surface area contributed by atoms with Crippen molar-refractivity contribution in [2.45, 2.75) is 32.7 Å². The van der Waals surface area contributed by atoms with Crippen molar-refractivity contribution in [2.24, 2.45) is 22.7 Å². The van der Waals surface area contributed by atoms with Crippen LogP contribution < -0.4 is 11.1 Å². The molecule has 1 aliphatic rings. The second-order valence-corrected chi connectivity index (χ2v) is 4.48. The van der Waals surface area contributed by atoms with Crippen LogP contribution in [0.15, 0.2) is 5.16 Å². The zero-order chi connectivity index (χ0) is 12.1. The lowest BCUT2D eigenvalue weighted by Crippen LogP contribution is -2.46. The second-order valence-electron chi connectivity index (χ2n) is 4.48. The van der Waals surface area contributed by atoms with Gasteiger partial charge in [0.2, 0.25) is 0 Å². The first-order valence-corrected chi connectivity index (χ1v) is 5.45. The zero-order valence-corrected chi connectivity index (χ0v) is 9.64. The van der Waals surface area contributed by atoms with Crippen LogP contribution in [0.3, 0.4) is 0 Å². The molecule has 1 atom stereocenters. The van der Waals surface area contributed by atoms with Crippen LogP contribution in [-0.4, -0.2) is 29.8 Å². The van der Waals surface area contributed by atoms with Gasteiger partial charge in [-0.25, -0.2) is 4.79 Å². The van der Waals surface area contributed by atoms with Gasteiger partial charge in [-0.2, -0.15) is 0 Å². The van der Waals surface area contributed by atoms with E-state index < -0.39 is 12.1 Å². The Morgan fingerprint density at radius 3 is 2.69 bits per heavy atom. The third-order valence-electron chi connectivity index (χ3n) is 2.35. The molecule has 92 valence electrons. The summed E-state index contributed by atoms with van der Waals surface area (Å²) in [6.45, 7) is 4.27. The summed E-state index contributed by atoms with van der Waals surface area (Å²) < 4.78 is 4.96. The van der Waals surface area contributed by atoms with Crippen molar-refractivity contribution < 1.29 is 14.7 Å². The molecule has 1 amide bonds. The van der Waals surface area contributed by atoms with Gasteiger partial charge in [0.05, 0.1) is 12.6 Å². The second kappa shape index (κ2) is 5.58. The molecule has 0 aromatic heterocycles. The first-order valence-electron chi connectivity index (χ1n) is 5.45. The lowest BCUT2D eigenvalue weighted by molar-refractivity contribution is 0.130. The van der Waals surface area contributed by atoms with Crippen LogP contribution in [-0.2, 0) is 4.74 Å². The molecule has 1 unspecified atom stereocenters. The predicted molar refractivity (Wildman–Crippen MR) is 59.2 cm³/mol. The SMILES string of the molecule is CC(C)COC(=O)NC(C(N)=NO)C1CC1. The quantitative estimate of drug-likeness (QED) is 0.282. The molecule has 0 aliphatic heterocycles. The predicted octanol–water partition coefficient (Wildman–Crippen LogP) is 0.894. The van der Waals surface area contributed by atoms with E-state index in [0.717, 1.165) is 12.8 Å². The van der Waals surface area contributed by atoms with E-state index in [9.17, 15) is 4.79 Å². The van der Waals surface area contributed by atoms with Gasteiger partial charge in [0.25, 0.3) is 0 Å². The third kappa shape index (κ3) is 3.96. The molecule has 0 radical (unpaired) electrons. The smallest absolute Gasteiger partial charge is 0.407 e. The number of alkyl carbamates (subject to hydrolysis) is 1. The van der Waals surface area contributed by atoms with E-state index in [1.165, 1.54) is 0 Å². The topological polar surface area (TPSA) is 96.9 Å². The molecule has 0 heterocycles. The van der Waals surface area contributed by atoms with Gasteiger partial charge in [0.1, 0.15) is 0 Å². The maximum atomic E-state index is 11.4. The molecule has 0 spiro atoms. The number of ether oxygens (including phenoxy) is 1. The fourth-order valence-corrected chi connectivity index (χ4v) is 1.34. The van der Waals surface area contributed by atoms with E-state index in [0.29, 0.717) is 6.61 Å². The van der Waals surface area contributed by atoms with Crippen molar-refractivity contribution >= 4 is 11.9 Å². The number of rotatable bonds is 5. The number of carbonyl (C=O) groups is 1. The third-order valence-corrected chi connectivity index (χ3v) is 2.35. The molecular weight excluding hydrogens is 210 g/mol. The van der Waals surface area contributed by atoms with Gasteiger partial charge in [0, 0.05) is 0 Å². The summed E-state index contributed by atoms with van der Waals surface area (Å²) in [5.74, 6) is 0.584. The summed E-state index contributed by atoms with van der Waals surface area (Å²) in [5, 5.41) is 14.1. The highest BCUT2D eigenvalue weighted by Crippen LogP contribution is 2.32. The summed E-state index contributed by atoms with van der Waals surface area (Å²) in [7, 11) is 0. The molecule has 0 bridgehead atoms. The monoisotopic (exact) mass is 229 g/mol. The van der Waals surface area contributed by atoms with Crippen LogP contribution in [0.5, 0.6) is 0 Å². The molecule has 0 saturated heterocycles. The number of nitrogens with one attached hydrogen (secondary N) is 1. The van der Waals surface area contributed by atoms with Gasteiger partial charge in [-0.15, -0.1) is 0 Å². The van der Waals surface area contributed by atoms with Crippen molar-refractivity contribution in [1.29, 1.82) is 0 Å². The van der Waals surface area contributed by atoms with E-state index in [4.69, 9.17) is 15.7 Å². The molecule has 6 heteroatoms. The van der Waals surface area contributed by atoms with Crippen LogP contribution in [0.2, 0.25) is 0 Å². The number of oxime groups is 1. The van der Waals surface area contributed by atoms with Crippen LogP contribution >= 0.6 is 0 Å². The van der Waals surface area contributed by atoms with Gasteiger partial charge < -0.3 is 21.0 Å². The number of hydrogen-bond donors (Lipinski definition) is 3. The molecule has 16 heavy (non-hydrogen) atoms. The number of amidine groups is 1. The largest absolute Gasteiger partial charge is 0.449 e. The molecule has 1 rings (SSSR count). The van der Waals surface area contributed by atoms with Gasteiger partial charge in [-0.05, 0) is 24.7 Å². The van der Waals surface area contributed by atoms with Crippen LogP contribution in [0.1, 0.15) is 26.7 Å². The molecular formula is C10H19N3O3. The number of carbonyl (C=O) groups excluding carboxylic acids is 1. The number of nitrogens with zero attached hydrogens (tertiary/aromatic N) is 1. The molecule has 0 aromatic carbocycles. The fourth-order valence-electron chi connectivity index (χ4n) is 1.34. The standard InChI is InChI=1S/C10H19N3O3/c1-6(2)5-16-10(14)12-8(7-3-4-7)9(11)13-15/h6-8,15H,3-5H2,1-2H3,(H2,11,13)(H,12,14). The average Bonchev–Trinajstić information content (AvgIpc) is 3.05. The van der Waals surface area contributed by atoms with E-state index >= 15 is 0 Å². The van der Waals surface area contributed by atoms with Gasteiger partial charge >= 0.3 is 6.09 Å². The summed E-state index contributed by atoms with van der Waals surface area (Å²) in [6.07, 6.45) is 1.44. The average molecular weight is 229 g/mol. The highest BCUT2D eigenvalue weighted by Gasteiger charge is 2.35.